The minimum atomic E-state index is -4.35. The second-order valence-electron chi connectivity index (χ2n) is 5.50. The highest BCUT2D eigenvalue weighted by Gasteiger charge is 2.43. The lowest BCUT2D eigenvalue weighted by atomic mass is 10.2. The van der Waals surface area contributed by atoms with Gasteiger partial charge < -0.3 is 10.6 Å². The Hall–Kier alpha value is -1.32. The third-order valence-electron chi connectivity index (χ3n) is 3.69. The van der Waals surface area contributed by atoms with E-state index < -0.39 is 18.8 Å². The van der Waals surface area contributed by atoms with E-state index in [-0.39, 0.29) is 11.7 Å². The minimum Gasteiger partial charge on any atom is -0.353 e. The lowest BCUT2D eigenvalue weighted by molar-refractivity contribution is -0.183. The second kappa shape index (κ2) is 9.24. The molecule has 2 heterocycles. The number of piperazine rings is 1. The topological polar surface area (TPSA) is 57.3 Å². The number of nitrogens with one attached hydrogen (secondary N) is 2. The molecular weight excluding hydrogens is 341 g/mol. The van der Waals surface area contributed by atoms with E-state index in [1.165, 1.54) is 16.7 Å². The number of thioether (sulfide) groups is 1. The van der Waals surface area contributed by atoms with Crippen molar-refractivity contribution in [3.05, 3.63) is 30.1 Å². The number of hydrogen-bond donors (Lipinski definition) is 2. The Morgan fingerprint density at radius 3 is 2.79 bits per heavy atom. The van der Waals surface area contributed by atoms with Gasteiger partial charge in [-0.2, -0.15) is 13.2 Å². The monoisotopic (exact) mass is 362 g/mol. The predicted molar refractivity (Wildman–Crippen MR) is 87.7 cm³/mol. The number of carbonyl (C=O) groups excluding carboxylic acids is 1. The molecule has 0 aliphatic carbocycles. The van der Waals surface area contributed by atoms with E-state index in [4.69, 9.17) is 0 Å². The van der Waals surface area contributed by atoms with Crippen LogP contribution >= 0.6 is 11.8 Å². The van der Waals surface area contributed by atoms with Crippen molar-refractivity contribution in [1.82, 2.24) is 20.5 Å². The Bertz CT molecular complexity index is 509. The van der Waals surface area contributed by atoms with Crippen molar-refractivity contribution in [1.29, 1.82) is 0 Å². The largest absolute Gasteiger partial charge is 0.405 e. The number of aromatic nitrogens is 1. The Balaban J connectivity index is 1.75. The molecule has 1 aromatic heterocycles. The molecular formula is C15H21F3N4OS. The third-order valence-corrected chi connectivity index (χ3v) is 4.69. The predicted octanol–water partition coefficient (Wildman–Crippen LogP) is 1.27. The summed E-state index contributed by atoms with van der Waals surface area (Å²) in [4.78, 5) is 17.1. The second-order valence-corrected chi connectivity index (χ2v) is 6.49. The number of pyridine rings is 1. The van der Waals surface area contributed by atoms with Gasteiger partial charge in [0.2, 0.25) is 5.91 Å². The molecule has 0 bridgehead atoms. The molecule has 0 radical (unpaired) electrons. The fourth-order valence-corrected chi connectivity index (χ4v) is 3.25. The quantitative estimate of drug-likeness (QED) is 0.765. The van der Waals surface area contributed by atoms with E-state index in [0.29, 0.717) is 31.9 Å². The molecule has 1 atom stereocenters. The van der Waals surface area contributed by atoms with Crippen molar-refractivity contribution in [3.8, 4) is 0 Å². The first-order chi connectivity index (χ1) is 11.5. The summed E-state index contributed by atoms with van der Waals surface area (Å²) >= 11 is 1.35. The first-order valence-electron chi connectivity index (χ1n) is 7.71. The lowest BCUT2D eigenvalue weighted by Gasteiger charge is -2.35. The Morgan fingerprint density at radius 1 is 1.42 bits per heavy atom. The number of rotatable bonds is 7. The Labute approximate surface area is 143 Å². The number of amides is 1. The van der Waals surface area contributed by atoms with Gasteiger partial charge in [-0.15, -0.1) is 11.8 Å². The zero-order chi connectivity index (χ0) is 17.4. The molecule has 134 valence electrons. The number of nitrogens with zero attached hydrogens (tertiary/aromatic N) is 2. The normalized spacial score (nSPS) is 17.5. The summed E-state index contributed by atoms with van der Waals surface area (Å²) in [7, 11) is 0. The average molecular weight is 362 g/mol. The van der Waals surface area contributed by atoms with E-state index >= 15 is 0 Å². The van der Waals surface area contributed by atoms with Crippen molar-refractivity contribution < 1.29 is 18.0 Å². The summed E-state index contributed by atoms with van der Waals surface area (Å²) in [5.74, 6) is 0.344. The molecule has 1 fully saturated rings. The number of carbonyl (C=O) groups is 1. The summed E-state index contributed by atoms with van der Waals surface area (Å²) in [6.45, 7) is 1.31. The SMILES string of the molecule is O=C(CSCc1cccnc1)NCC(N1CCNCC1)C(F)(F)F. The van der Waals surface area contributed by atoms with Crippen LogP contribution in [0, 0.1) is 0 Å². The number of halogens is 3. The van der Waals surface area contributed by atoms with Gasteiger partial charge in [-0.25, -0.2) is 0 Å². The van der Waals surface area contributed by atoms with Crippen LogP contribution in [0.4, 0.5) is 13.2 Å². The maximum atomic E-state index is 13.2. The summed E-state index contributed by atoms with van der Waals surface area (Å²) in [5.41, 5.74) is 0.976. The molecule has 1 amide bonds. The van der Waals surface area contributed by atoms with E-state index in [2.05, 4.69) is 15.6 Å². The summed E-state index contributed by atoms with van der Waals surface area (Å²) in [5, 5.41) is 5.44. The van der Waals surface area contributed by atoms with Gasteiger partial charge >= 0.3 is 6.18 Å². The molecule has 2 N–H and O–H groups in total. The van der Waals surface area contributed by atoms with Crippen LogP contribution in [0.1, 0.15) is 5.56 Å². The van der Waals surface area contributed by atoms with Crippen LogP contribution in [-0.2, 0) is 10.5 Å². The van der Waals surface area contributed by atoms with Crippen molar-refractivity contribution in [2.24, 2.45) is 0 Å². The third kappa shape index (κ3) is 6.29. The highest BCUT2D eigenvalue weighted by atomic mass is 32.2. The van der Waals surface area contributed by atoms with Gasteiger partial charge in [0, 0.05) is 50.9 Å². The fraction of sp³-hybridized carbons (Fsp3) is 0.600. The molecule has 1 aliphatic rings. The summed E-state index contributed by atoms with van der Waals surface area (Å²) < 4.78 is 39.6. The zero-order valence-corrected chi connectivity index (χ0v) is 14.0. The van der Waals surface area contributed by atoms with Gasteiger partial charge in [-0.1, -0.05) is 6.07 Å². The van der Waals surface area contributed by atoms with E-state index in [1.54, 1.807) is 18.5 Å². The molecule has 1 aromatic rings. The molecule has 0 saturated carbocycles. The van der Waals surface area contributed by atoms with Gasteiger partial charge in [0.25, 0.3) is 0 Å². The smallest absolute Gasteiger partial charge is 0.353 e. The molecule has 9 heteroatoms. The lowest BCUT2D eigenvalue weighted by Crippen LogP contribution is -2.57. The van der Waals surface area contributed by atoms with Crippen molar-refractivity contribution >= 4 is 17.7 Å². The fourth-order valence-electron chi connectivity index (χ4n) is 2.45. The van der Waals surface area contributed by atoms with Crippen LogP contribution in [0.25, 0.3) is 0 Å². The molecule has 0 spiro atoms. The number of hydrogen-bond acceptors (Lipinski definition) is 5. The highest BCUT2D eigenvalue weighted by Crippen LogP contribution is 2.24. The van der Waals surface area contributed by atoms with Crippen LogP contribution in [0.5, 0.6) is 0 Å². The minimum absolute atomic E-state index is 0.126. The standard InChI is InChI=1S/C15H21F3N4OS/c16-15(17,18)13(22-6-4-19-5-7-22)9-21-14(23)11-24-10-12-2-1-3-20-8-12/h1-3,8,13,19H,4-7,9-11H2,(H,21,23). The zero-order valence-electron chi connectivity index (χ0n) is 13.2. The van der Waals surface area contributed by atoms with E-state index in [9.17, 15) is 18.0 Å². The van der Waals surface area contributed by atoms with Gasteiger partial charge in [0.05, 0.1) is 5.75 Å². The first kappa shape index (κ1) is 19.0. The summed E-state index contributed by atoms with van der Waals surface area (Å²) in [6.07, 6.45) is -0.989. The van der Waals surface area contributed by atoms with E-state index in [1.807, 2.05) is 6.07 Å². The highest BCUT2D eigenvalue weighted by molar-refractivity contribution is 7.99. The van der Waals surface area contributed by atoms with E-state index in [0.717, 1.165) is 5.56 Å². The van der Waals surface area contributed by atoms with Gasteiger partial charge in [0.1, 0.15) is 6.04 Å². The maximum absolute atomic E-state index is 13.2. The molecule has 2 rings (SSSR count). The molecule has 1 aliphatic heterocycles. The molecule has 1 unspecified atom stereocenters. The molecule has 24 heavy (non-hydrogen) atoms. The maximum Gasteiger partial charge on any atom is 0.405 e. The van der Waals surface area contributed by atoms with Gasteiger partial charge in [-0.05, 0) is 11.6 Å². The van der Waals surface area contributed by atoms with Crippen molar-refractivity contribution in [3.63, 3.8) is 0 Å². The molecule has 1 saturated heterocycles. The first-order valence-corrected chi connectivity index (χ1v) is 8.87. The van der Waals surface area contributed by atoms with Crippen molar-refractivity contribution in [2.45, 2.75) is 18.0 Å². The Morgan fingerprint density at radius 2 is 2.17 bits per heavy atom. The van der Waals surface area contributed by atoms with Gasteiger partial charge in [-0.3, -0.25) is 14.7 Å². The summed E-state index contributed by atoms with van der Waals surface area (Å²) in [6, 6.07) is 2.06. The van der Waals surface area contributed by atoms with Crippen LogP contribution in [0.15, 0.2) is 24.5 Å². The van der Waals surface area contributed by atoms with Crippen LogP contribution in [0.3, 0.4) is 0 Å². The van der Waals surface area contributed by atoms with Crippen LogP contribution in [0.2, 0.25) is 0 Å². The van der Waals surface area contributed by atoms with Crippen LogP contribution < -0.4 is 10.6 Å². The van der Waals surface area contributed by atoms with Crippen molar-refractivity contribution in [2.75, 3.05) is 38.5 Å². The molecule has 5 nitrogen and oxygen atoms in total. The average Bonchev–Trinajstić information content (AvgIpc) is 2.56. The molecule has 0 aromatic carbocycles. The van der Waals surface area contributed by atoms with Crippen LogP contribution in [-0.4, -0.2) is 66.5 Å². The van der Waals surface area contributed by atoms with Gasteiger partial charge in [0.15, 0.2) is 0 Å². The number of alkyl halides is 3. The Kier molecular flexibility index (Phi) is 7.32.